The van der Waals surface area contributed by atoms with E-state index in [2.05, 4.69) is 10.2 Å². The quantitative estimate of drug-likeness (QED) is 0.425. The number of aromatic nitrogens is 2. The third-order valence-electron chi connectivity index (χ3n) is 3.52. The Morgan fingerprint density at radius 1 is 1.24 bits per heavy atom. The van der Waals surface area contributed by atoms with E-state index in [1.165, 1.54) is 22.7 Å². The van der Waals surface area contributed by atoms with Gasteiger partial charge in [-0.05, 0) is 24.4 Å². The van der Waals surface area contributed by atoms with Crippen molar-refractivity contribution in [1.82, 2.24) is 10.2 Å². The number of hydrogen-bond acceptors (Lipinski definition) is 7. The maximum atomic E-state index is 12.5. The molecule has 0 unspecified atom stereocenters. The number of benzene rings is 1. The van der Waals surface area contributed by atoms with Crippen molar-refractivity contribution < 1.29 is 13.9 Å². The lowest BCUT2D eigenvalue weighted by Crippen LogP contribution is -2.08. The van der Waals surface area contributed by atoms with Crippen LogP contribution in [0.4, 0.5) is 0 Å². The third kappa shape index (κ3) is 3.06. The topological polar surface area (TPSA) is 65.2 Å². The first kappa shape index (κ1) is 16.3. The van der Waals surface area contributed by atoms with E-state index in [0.29, 0.717) is 15.8 Å². The molecule has 0 N–H and O–H groups in total. The molecule has 0 spiro atoms. The fourth-order valence-corrected chi connectivity index (χ4v) is 4.34. The maximum Gasteiger partial charge on any atom is 0.350 e. The SMILES string of the molecule is C[C@H](OC(=O)c1sc2ccccc2c1Cl)c1nnc(-c2cccs2)o1. The molecule has 3 heterocycles. The Bertz CT molecular complexity index is 1040. The Labute approximate surface area is 155 Å². The van der Waals surface area contributed by atoms with Gasteiger partial charge in [0.1, 0.15) is 4.88 Å². The summed E-state index contributed by atoms with van der Waals surface area (Å²) in [4.78, 5) is 13.7. The first-order valence-corrected chi connectivity index (χ1v) is 9.46. The predicted molar refractivity (Wildman–Crippen MR) is 98.3 cm³/mol. The van der Waals surface area contributed by atoms with Crippen molar-refractivity contribution in [3.63, 3.8) is 0 Å². The number of fused-ring (bicyclic) bond motifs is 1. The molecule has 0 saturated carbocycles. The zero-order chi connectivity index (χ0) is 17.4. The van der Waals surface area contributed by atoms with Crippen LogP contribution in [0.1, 0.15) is 28.6 Å². The van der Waals surface area contributed by atoms with Crippen LogP contribution >= 0.6 is 34.3 Å². The molecule has 0 fully saturated rings. The van der Waals surface area contributed by atoms with Gasteiger partial charge in [0.2, 0.25) is 0 Å². The lowest BCUT2D eigenvalue weighted by atomic mass is 10.2. The smallest absolute Gasteiger partial charge is 0.350 e. The molecule has 25 heavy (non-hydrogen) atoms. The van der Waals surface area contributed by atoms with E-state index in [1.807, 2.05) is 41.8 Å². The van der Waals surface area contributed by atoms with E-state index in [9.17, 15) is 4.79 Å². The second-order valence-electron chi connectivity index (χ2n) is 5.21. The van der Waals surface area contributed by atoms with Gasteiger partial charge in [-0.1, -0.05) is 35.9 Å². The van der Waals surface area contributed by atoms with Gasteiger partial charge >= 0.3 is 5.97 Å². The molecule has 5 nitrogen and oxygen atoms in total. The summed E-state index contributed by atoms with van der Waals surface area (Å²) in [5.41, 5.74) is 0. The van der Waals surface area contributed by atoms with Gasteiger partial charge in [0, 0.05) is 10.1 Å². The molecule has 1 atom stereocenters. The van der Waals surface area contributed by atoms with Gasteiger partial charge in [0.25, 0.3) is 11.8 Å². The first-order valence-electron chi connectivity index (χ1n) is 7.39. The van der Waals surface area contributed by atoms with Gasteiger partial charge in [-0.15, -0.1) is 32.9 Å². The van der Waals surface area contributed by atoms with E-state index in [-0.39, 0.29) is 5.89 Å². The highest BCUT2D eigenvalue weighted by atomic mass is 35.5. The molecule has 0 aliphatic carbocycles. The van der Waals surface area contributed by atoms with Gasteiger partial charge in [-0.3, -0.25) is 0 Å². The van der Waals surface area contributed by atoms with Crippen LogP contribution in [0.15, 0.2) is 46.2 Å². The minimum Gasteiger partial charge on any atom is -0.448 e. The lowest BCUT2D eigenvalue weighted by molar-refractivity contribution is 0.0286. The summed E-state index contributed by atoms with van der Waals surface area (Å²) >= 11 is 9.11. The van der Waals surface area contributed by atoms with E-state index in [1.54, 1.807) is 6.92 Å². The summed E-state index contributed by atoms with van der Waals surface area (Å²) in [5.74, 6) is 0.149. The number of rotatable bonds is 4. The largest absolute Gasteiger partial charge is 0.448 e. The number of thiophene rings is 2. The molecule has 4 aromatic rings. The number of halogens is 1. The van der Waals surface area contributed by atoms with Crippen LogP contribution in [0.3, 0.4) is 0 Å². The average molecular weight is 391 g/mol. The number of carbonyl (C=O) groups is 1. The van der Waals surface area contributed by atoms with E-state index < -0.39 is 12.1 Å². The van der Waals surface area contributed by atoms with Gasteiger partial charge in [-0.25, -0.2) is 4.79 Å². The van der Waals surface area contributed by atoms with Crippen molar-refractivity contribution in [3.05, 3.63) is 57.6 Å². The highest BCUT2D eigenvalue weighted by Crippen LogP contribution is 2.36. The Morgan fingerprint density at radius 3 is 2.84 bits per heavy atom. The number of carbonyl (C=O) groups excluding carboxylic acids is 1. The van der Waals surface area contributed by atoms with Crippen molar-refractivity contribution in [3.8, 4) is 10.8 Å². The molecule has 1 aromatic carbocycles. The summed E-state index contributed by atoms with van der Waals surface area (Å²) in [6.07, 6.45) is -0.671. The summed E-state index contributed by atoms with van der Waals surface area (Å²) in [7, 11) is 0. The first-order chi connectivity index (χ1) is 12.1. The van der Waals surface area contributed by atoms with Crippen molar-refractivity contribution >= 4 is 50.3 Å². The van der Waals surface area contributed by atoms with Crippen molar-refractivity contribution in [2.45, 2.75) is 13.0 Å². The van der Waals surface area contributed by atoms with E-state index >= 15 is 0 Å². The maximum absolute atomic E-state index is 12.5. The van der Waals surface area contributed by atoms with Crippen LogP contribution in [-0.2, 0) is 4.74 Å². The molecular weight excluding hydrogens is 380 g/mol. The Kier molecular flexibility index (Phi) is 4.29. The summed E-state index contributed by atoms with van der Waals surface area (Å²) < 4.78 is 12.0. The summed E-state index contributed by atoms with van der Waals surface area (Å²) in [6, 6.07) is 11.4. The highest BCUT2D eigenvalue weighted by molar-refractivity contribution is 7.21. The Morgan fingerprint density at radius 2 is 2.08 bits per heavy atom. The van der Waals surface area contributed by atoms with Crippen molar-refractivity contribution in [1.29, 1.82) is 0 Å². The standard InChI is InChI=1S/C17H11ClN2O3S2/c1-9(15-19-20-16(23-15)12-7-4-8-24-12)22-17(21)14-13(18)10-5-2-3-6-11(10)25-14/h2-9H,1H3/t9-/m0/s1. The normalized spacial score (nSPS) is 12.4. The zero-order valence-electron chi connectivity index (χ0n) is 12.9. The molecule has 0 amide bonds. The molecule has 0 bridgehead atoms. The predicted octanol–water partition coefficient (Wildman–Crippen LogP) is 5.58. The second-order valence-corrected chi connectivity index (χ2v) is 7.59. The Hall–Kier alpha value is -2.22. The average Bonchev–Trinajstić information content (AvgIpc) is 3.34. The van der Waals surface area contributed by atoms with Crippen molar-refractivity contribution in [2.75, 3.05) is 0 Å². The van der Waals surface area contributed by atoms with Crippen LogP contribution < -0.4 is 0 Å². The minimum atomic E-state index is -0.671. The van der Waals surface area contributed by atoms with Crippen LogP contribution in [0.5, 0.6) is 0 Å². The highest BCUT2D eigenvalue weighted by Gasteiger charge is 2.24. The molecule has 0 aliphatic heterocycles. The van der Waals surface area contributed by atoms with Crippen LogP contribution in [0.25, 0.3) is 20.9 Å². The number of hydrogen-bond donors (Lipinski definition) is 0. The number of nitrogens with zero attached hydrogens (tertiary/aromatic N) is 2. The Balaban J connectivity index is 1.55. The molecule has 3 aromatic heterocycles. The van der Waals surface area contributed by atoms with Crippen molar-refractivity contribution in [2.24, 2.45) is 0 Å². The van der Waals surface area contributed by atoms with Gasteiger partial charge in [-0.2, -0.15) is 0 Å². The molecule has 0 radical (unpaired) electrons. The molecule has 0 saturated heterocycles. The van der Waals surface area contributed by atoms with Gasteiger partial charge in [0.15, 0.2) is 6.10 Å². The molecule has 126 valence electrons. The molecule has 4 rings (SSSR count). The zero-order valence-corrected chi connectivity index (χ0v) is 15.3. The van der Waals surface area contributed by atoms with Crippen LogP contribution in [0.2, 0.25) is 5.02 Å². The molecular formula is C17H11ClN2O3S2. The summed E-state index contributed by atoms with van der Waals surface area (Å²) in [5, 5.41) is 11.1. The number of esters is 1. The second kappa shape index (κ2) is 6.59. The van der Waals surface area contributed by atoms with Crippen LogP contribution in [-0.4, -0.2) is 16.2 Å². The van der Waals surface area contributed by atoms with Crippen LogP contribution in [0, 0.1) is 0 Å². The molecule has 8 heteroatoms. The van der Waals surface area contributed by atoms with Gasteiger partial charge < -0.3 is 9.15 Å². The minimum absolute atomic E-state index is 0.244. The fraction of sp³-hybridized carbons (Fsp3) is 0.118. The lowest BCUT2D eigenvalue weighted by Gasteiger charge is -2.08. The third-order valence-corrected chi connectivity index (χ3v) is 6.04. The van der Waals surface area contributed by atoms with Gasteiger partial charge in [0.05, 0.1) is 9.90 Å². The van der Waals surface area contributed by atoms with E-state index in [0.717, 1.165) is 15.0 Å². The summed E-state index contributed by atoms with van der Waals surface area (Å²) in [6.45, 7) is 1.69. The fourth-order valence-electron chi connectivity index (χ4n) is 2.31. The monoisotopic (exact) mass is 390 g/mol. The molecule has 0 aliphatic rings. The number of ether oxygens (including phenoxy) is 1. The van der Waals surface area contributed by atoms with E-state index in [4.69, 9.17) is 20.8 Å².